The first-order chi connectivity index (χ1) is 15.7. The molecule has 164 valence electrons. The zero-order valence-electron chi connectivity index (χ0n) is 20.4. The van der Waals surface area contributed by atoms with Gasteiger partial charge in [-0.2, -0.15) is 4.58 Å². The van der Waals surface area contributed by atoms with Gasteiger partial charge in [0.25, 0.3) is 0 Å². The average Bonchev–Trinajstić information content (AvgIpc) is 3.13. The highest BCUT2D eigenvalue weighted by Crippen LogP contribution is 2.51. The van der Waals surface area contributed by atoms with Crippen LogP contribution in [0.15, 0.2) is 84.6 Å². The van der Waals surface area contributed by atoms with Gasteiger partial charge in [-0.15, -0.1) is 0 Å². The summed E-state index contributed by atoms with van der Waals surface area (Å²) in [6.45, 7) is 9.45. The van der Waals surface area contributed by atoms with Gasteiger partial charge in [0.2, 0.25) is 5.69 Å². The molecule has 0 fully saturated rings. The van der Waals surface area contributed by atoms with Gasteiger partial charge in [0.05, 0.1) is 16.5 Å². The number of rotatable bonds is 1. The Morgan fingerprint density at radius 1 is 0.697 bits per heavy atom. The Kier molecular flexibility index (Phi) is 4.03. The monoisotopic (exact) mass is 431 g/mol. The second-order valence-corrected chi connectivity index (χ2v) is 10.6. The van der Waals surface area contributed by atoms with Crippen molar-refractivity contribution in [2.75, 3.05) is 19.0 Å². The second kappa shape index (κ2) is 6.57. The third kappa shape index (κ3) is 2.58. The van der Waals surface area contributed by atoms with Gasteiger partial charge < -0.3 is 4.90 Å². The molecule has 6 rings (SSSR count). The van der Waals surface area contributed by atoms with Crippen molar-refractivity contribution >= 4 is 38.6 Å². The average molecular weight is 432 g/mol. The standard InChI is InChI=1S/C31H31N2/c1-30(2)24-17-15-20-11-7-9-13-22(20)28(24)32(5)26(30)19-27-31(3,4)25-18-16-21-12-8-10-14-23(21)29(25)33(27)6/h7-19H,1-6H3/q+1. The molecular formula is C31H31N2+. The molecule has 2 nitrogen and oxygen atoms in total. The van der Waals surface area contributed by atoms with Crippen LogP contribution in [-0.2, 0) is 10.8 Å². The number of nitrogens with zero attached hydrogens (tertiary/aromatic N) is 2. The molecule has 4 aromatic rings. The van der Waals surface area contributed by atoms with Gasteiger partial charge in [-0.3, -0.25) is 0 Å². The molecule has 0 unspecified atom stereocenters. The molecule has 2 aliphatic rings. The Morgan fingerprint density at radius 3 is 1.97 bits per heavy atom. The normalized spacial score (nSPS) is 19.6. The largest absolute Gasteiger partial charge is 0.346 e. The number of likely N-dealkylation sites (N-methyl/N-ethyl adjacent to an activating group) is 1. The van der Waals surface area contributed by atoms with Crippen molar-refractivity contribution < 1.29 is 4.58 Å². The van der Waals surface area contributed by atoms with E-state index in [1.807, 2.05) is 0 Å². The molecular weight excluding hydrogens is 400 g/mol. The van der Waals surface area contributed by atoms with Crippen LogP contribution in [0.3, 0.4) is 0 Å². The van der Waals surface area contributed by atoms with Gasteiger partial charge >= 0.3 is 0 Å². The summed E-state index contributed by atoms with van der Waals surface area (Å²) in [5, 5.41) is 5.24. The SMILES string of the molecule is CN1/C(=C/C2=[N+](C)c3c(ccc4ccccc34)C2(C)C)C(C)(C)c2ccc3ccccc3c21. The fraction of sp³-hybridized carbons (Fsp3) is 0.258. The Labute approximate surface area is 196 Å². The molecule has 0 spiro atoms. The number of hydrogen-bond acceptors (Lipinski definition) is 1. The molecule has 0 saturated carbocycles. The zero-order valence-corrected chi connectivity index (χ0v) is 20.4. The van der Waals surface area contributed by atoms with E-state index in [1.54, 1.807) is 0 Å². The van der Waals surface area contributed by atoms with Gasteiger partial charge in [-0.05, 0) is 36.2 Å². The fourth-order valence-electron chi connectivity index (χ4n) is 6.28. The third-order valence-electron chi connectivity index (χ3n) is 8.10. The van der Waals surface area contributed by atoms with Crippen molar-refractivity contribution in [3.8, 4) is 0 Å². The minimum absolute atomic E-state index is 0.0745. The van der Waals surface area contributed by atoms with Gasteiger partial charge in [0.15, 0.2) is 5.71 Å². The molecule has 0 amide bonds. The van der Waals surface area contributed by atoms with E-state index in [-0.39, 0.29) is 10.8 Å². The van der Waals surface area contributed by atoms with Crippen LogP contribution in [0.5, 0.6) is 0 Å². The zero-order chi connectivity index (χ0) is 23.1. The lowest BCUT2D eigenvalue weighted by molar-refractivity contribution is -0.399. The van der Waals surface area contributed by atoms with E-state index in [4.69, 9.17) is 0 Å². The highest BCUT2D eigenvalue weighted by atomic mass is 15.2. The first kappa shape index (κ1) is 20.2. The number of allylic oxidation sites excluding steroid dienone is 2. The lowest BCUT2D eigenvalue weighted by atomic mass is 9.78. The minimum Gasteiger partial charge on any atom is -0.346 e. The summed E-state index contributed by atoms with van der Waals surface area (Å²) in [7, 11) is 4.47. The lowest BCUT2D eigenvalue weighted by Gasteiger charge is -2.25. The Bertz CT molecular complexity index is 1530. The van der Waals surface area contributed by atoms with E-state index in [2.05, 4.69) is 130 Å². The van der Waals surface area contributed by atoms with Gasteiger partial charge in [0, 0.05) is 35.2 Å². The minimum atomic E-state index is -0.0745. The molecule has 2 heterocycles. The van der Waals surface area contributed by atoms with E-state index >= 15 is 0 Å². The molecule has 2 heteroatoms. The summed E-state index contributed by atoms with van der Waals surface area (Å²) in [5.41, 5.74) is 8.03. The van der Waals surface area contributed by atoms with Crippen LogP contribution in [0.2, 0.25) is 0 Å². The van der Waals surface area contributed by atoms with Crippen LogP contribution in [-0.4, -0.2) is 24.4 Å². The van der Waals surface area contributed by atoms with Crippen molar-refractivity contribution in [2.45, 2.75) is 38.5 Å². The van der Waals surface area contributed by atoms with Crippen LogP contribution in [0, 0.1) is 0 Å². The summed E-state index contributed by atoms with van der Waals surface area (Å²) in [5.74, 6) is 0. The van der Waals surface area contributed by atoms with Crippen LogP contribution in [0.4, 0.5) is 11.4 Å². The van der Waals surface area contributed by atoms with E-state index in [0.29, 0.717) is 0 Å². The number of fused-ring (bicyclic) bond motifs is 6. The summed E-state index contributed by atoms with van der Waals surface area (Å²) in [4.78, 5) is 2.43. The topological polar surface area (TPSA) is 6.25 Å². The Hall–Kier alpha value is -3.39. The highest BCUT2D eigenvalue weighted by Gasteiger charge is 2.47. The van der Waals surface area contributed by atoms with Crippen LogP contribution in [0.1, 0.15) is 38.8 Å². The predicted octanol–water partition coefficient (Wildman–Crippen LogP) is 7.31. The van der Waals surface area contributed by atoms with Crippen molar-refractivity contribution in [3.05, 3.63) is 95.7 Å². The number of anilines is 1. The second-order valence-electron chi connectivity index (χ2n) is 10.6. The van der Waals surface area contributed by atoms with Gasteiger partial charge in [-0.1, -0.05) is 80.6 Å². The van der Waals surface area contributed by atoms with Crippen molar-refractivity contribution in [2.24, 2.45) is 0 Å². The molecule has 33 heavy (non-hydrogen) atoms. The maximum absolute atomic E-state index is 2.46. The summed E-state index contributed by atoms with van der Waals surface area (Å²) >= 11 is 0. The molecule has 0 atom stereocenters. The Morgan fingerprint density at radius 2 is 1.27 bits per heavy atom. The van der Waals surface area contributed by atoms with Crippen LogP contribution in [0.25, 0.3) is 21.5 Å². The summed E-state index contributed by atoms with van der Waals surface area (Å²) in [6.07, 6.45) is 2.46. The van der Waals surface area contributed by atoms with Crippen LogP contribution >= 0.6 is 0 Å². The quantitative estimate of drug-likeness (QED) is 0.286. The predicted molar refractivity (Wildman–Crippen MR) is 141 cm³/mol. The summed E-state index contributed by atoms with van der Waals surface area (Å²) < 4.78 is 2.43. The van der Waals surface area contributed by atoms with Crippen molar-refractivity contribution in [1.29, 1.82) is 0 Å². The first-order valence-corrected chi connectivity index (χ1v) is 11.8. The fourth-order valence-corrected chi connectivity index (χ4v) is 6.28. The van der Waals surface area contributed by atoms with Crippen molar-refractivity contribution in [3.63, 3.8) is 0 Å². The van der Waals surface area contributed by atoms with E-state index in [9.17, 15) is 0 Å². The Balaban J connectivity index is 1.59. The molecule has 2 aliphatic heterocycles. The lowest BCUT2D eigenvalue weighted by Crippen LogP contribution is -2.31. The molecule has 0 aliphatic carbocycles. The first-order valence-electron chi connectivity index (χ1n) is 11.8. The number of benzene rings is 4. The van der Waals surface area contributed by atoms with Crippen molar-refractivity contribution in [1.82, 2.24) is 0 Å². The maximum Gasteiger partial charge on any atom is 0.217 e. The molecule has 4 aromatic carbocycles. The molecule has 0 bridgehead atoms. The smallest absolute Gasteiger partial charge is 0.217 e. The van der Waals surface area contributed by atoms with E-state index in [1.165, 1.54) is 55.5 Å². The number of hydrogen-bond donors (Lipinski definition) is 0. The highest BCUT2D eigenvalue weighted by molar-refractivity contribution is 6.09. The molecule has 0 saturated heterocycles. The van der Waals surface area contributed by atoms with E-state index < -0.39 is 0 Å². The van der Waals surface area contributed by atoms with Gasteiger partial charge in [0.1, 0.15) is 7.05 Å². The van der Waals surface area contributed by atoms with E-state index in [0.717, 1.165) is 0 Å². The maximum atomic E-state index is 2.46. The van der Waals surface area contributed by atoms with Gasteiger partial charge in [-0.25, -0.2) is 0 Å². The molecule has 0 radical (unpaired) electrons. The summed E-state index contributed by atoms with van der Waals surface area (Å²) in [6, 6.07) is 26.7. The third-order valence-corrected chi connectivity index (χ3v) is 8.10. The molecule has 0 N–H and O–H groups in total. The van der Waals surface area contributed by atoms with Crippen LogP contribution < -0.4 is 4.90 Å². The molecule has 0 aromatic heterocycles.